The number of thioether (sulfide) groups is 1. The van der Waals surface area contributed by atoms with Crippen LogP contribution in [0.4, 0.5) is 0 Å². The van der Waals surface area contributed by atoms with E-state index >= 15 is 0 Å². The van der Waals surface area contributed by atoms with Gasteiger partial charge in [-0.3, -0.25) is 4.79 Å². The Hall–Kier alpha value is -0.780. The minimum Gasteiger partial charge on any atom is -0.367 e. The first-order valence-electron chi connectivity index (χ1n) is 6.12. The number of aromatic nitrogens is 1. The van der Waals surface area contributed by atoms with Gasteiger partial charge in [-0.1, -0.05) is 11.8 Å². The van der Waals surface area contributed by atoms with Gasteiger partial charge in [0.25, 0.3) is 0 Å². The molecule has 20 heavy (non-hydrogen) atoms. The minimum atomic E-state index is -0.717. The molecule has 0 radical (unpaired) electrons. The van der Waals surface area contributed by atoms with Gasteiger partial charge in [0.2, 0.25) is 5.43 Å². The molecule has 1 fully saturated rings. The van der Waals surface area contributed by atoms with Crippen molar-refractivity contribution in [2.24, 2.45) is 0 Å². The molecule has 1 N–H and O–H groups in total. The highest BCUT2D eigenvalue weighted by atomic mass is 35.5. The van der Waals surface area contributed by atoms with Crippen LogP contribution in [0.15, 0.2) is 26.3 Å². The maximum absolute atomic E-state index is 12.3. The summed E-state index contributed by atoms with van der Waals surface area (Å²) in [7, 11) is -0.717. The molecule has 0 spiro atoms. The van der Waals surface area contributed by atoms with E-state index in [1.54, 1.807) is 17.7 Å². The molecule has 2 atom stereocenters. The summed E-state index contributed by atoms with van der Waals surface area (Å²) in [6, 6.07) is 0. The first-order chi connectivity index (χ1) is 9.29. The molecule has 7 heteroatoms. The summed E-state index contributed by atoms with van der Waals surface area (Å²) in [6.45, 7) is 0.768. The number of hydrogen-bond donors (Lipinski definition) is 1. The van der Waals surface area contributed by atoms with E-state index < -0.39 is 10.5 Å². The quantitative estimate of drug-likeness (QED) is 0.846. The molecule has 2 aliphatic heterocycles. The molecule has 3 rings (SSSR count). The Kier molecular flexibility index (Phi) is 5.29. The summed E-state index contributed by atoms with van der Waals surface area (Å²) >= 11 is 1.47. The van der Waals surface area contributed by atoms with Crippen molar-refractivity contribution in [1.29, 1.82) is 0 Å². The van der Waals surface area contributed by atoms with Gasteiger partial charge >= 0.3 is 0 Å². The maximum Gasteiger partial charge on any atom is 0.203 e. The van der Waals surface area contributed by atoms with Crippen molar-refractivity contribution in [3.63, 3.8) is 0 Å². The molecule has 4 nitrogen and oxygen atoms in total. The lowest BCUT2D eigenvalue weighted by atomic mass is 10.2. The highest BCUT2D eigenvalue weighted by Crippen LogP contribution is 2.36. The largest absolute Gasteiger partial charge is 0.367 e. The molecule has 1 aromatic rings. The number of carbonyl (C=O) groups excluding carboxylic acids is 1. The van der Waals surface area contributed by atoms with Gasteiger partial charge < -0.3 is 9.72 Å². The zero-order valence-corrected chi connectivity index (χ0v) is 13.0. The monoisotopic (exact) mass is 331 g/mol. The highest BCUT2D eigenvalue weighted by molar-refractivity contribution is 8.17. The van der Waals surface area contributed by atoms with Crippen LogP contribution in [0.3, 0.4) is 0 Å². The standard InChI is InChI=1S/C13H13NO3S2.ClH/c15-8-19-6-4-9-12(16)10(7-14-13(9)19)18-11-3-1-2-5-17-11;/h4,6-7,11H,1-3,5H2,(H,14,16);1H. The molecule has 1 aromatic heterocycles. The van der Waals surface area contributed by atoms with E-state index in [4.69, 9.17) is 4.74 Å². The molecule has 3 heterocycles. The van der Waals surface area contributed by atoms with Gasteiger partial charge in [-0.25, -0.2) is 4.79 Å². The Morgan fingerprint density at radius 3 is 3.00 bits per heavy atom. The Morgan fingerprint density at radius 2 is 2.30 bits per heavy atom. The van der Waals surface area contributed by atoms with Crippen molar-refractivity contribution in [2.75, 3.05) is 6.61 Å². The number of rotatable bonds is 2. The third-order valence-electron chi connectivity index (χ3n) is 3.12. The van der Waals surface area contributed by atoms with Crippen molar-refractivity contribution in [2.45, 2.75) is 34.6 Å². The molecule has 2 unspecified atom stereocenters. The van der Waals surface area contributed by atoms with Gasteiger partial charge in [-0.2, -0.15) is 0 Å². The van der Waals surface area contributed by atoms with Crippen LogP contribution in [0, 0.1) is 0 Å². The zero-order chi connectivity index (χ0) is 13.2. The number of hydrogen-bond acceptors (Lipinski definition) is 4. The number of halogens is 1. The summed E-state index contributed by atoms with van der Waals surface area (Å²) in [6.07, 6.45) is 6.62. The smallest absolute Gasteiger partial charge is 0.203 e. The molecule has 0 saturated carbocycles. The van der Waals surface area contributed by atoms with Crippen molar-refractivity contribution in [3.8, 4) is 0 Å². The van der Waals surface area contributed by atoms with Crippen molar-refractivity contribution in [3.05, 3.63) is 27.4 Å². The second kappa shape index (κ2) is 6.78. The van der Waals surface area contributed by atoms with E-state index in [9.17, 15) is 9.59 Å². The Balaban J connectivity index is 0.00000147. The summed E-state index contributed by atoms with van der Waals surface area (Å²) in [4.78, 5) is 26.8. The predicted molar refractivity (Wildman–Crippen MR) is 84.3 cm³/mol. The van der Waals surface area contributed by atoms with Crippen LogP contribution in [0.2, 0.25) is 0 Å². The first-order valence-corrected chi connectivity index (χ1v) is 8.29. The zero-order valence-electron chi connectivity index (χ0n) is 10.6. The fourth-order valence-electron chi connectivity index (χ4n) is 2.15. The second-order valence-electron chi connectivity index (χ2n) is 4.36. The minimum absolute atomic E-state index is 0. The first kappa shape index (κ1) is 15.6. The molecule has 0 bridgehead atoms. The lowest BCUT2D eigenvalue weighted by molar-refractivity contribution is 0.0728. The van der Waals surface area contributed by atoms with Crippen molar-refractivity contribution < 1.29 is 9.53 Å². The fraction of sp³-hybridized carbons (Fsp3) is 0.385. The fourth-order valence-corrected chi connectivity index (χ4v) is 4.36. The number of fused-ring (bicyclic) bond motifs is 1. The third-order valence-corrected chi connectivity index (χ3v) is 5.68. The van der Waals surface area contributed by atoms with Gasteiger partial charge in [0.15, 0.2) is 5.23 Å². The summed E-state index contributed by atoms with van der Waals surface area (Å²) in [5, 5.41) is 4.34. The Bertz CT molecular complexity index is 644. The van der Waals surface area contributed by atoms with Crippen LogP contribution >= 0.6 is 34.7 Å². The van der Waals surface area contributed by atoms with E-state index in [2.05, 4.69) is 4.98 Å². The van der Waals surface area contributed by atoms with Crippen molar-refractivity contribution >= 4 is 46.0 Å². The molecule has 108 valence electrons. The van der Waals surface area contributed by atoms with Crippen LogP contribution in [0.5, 0.6) is 0 Å². The summed E-state index contributed by atoms with van der Waals surface area (Å²) in [5.74, 6) is 0. The van der Waals surface area contributed by atoms with E-state index in [-0.39, 0.29) is 23.3 Å². The van der Waals surface area contributed by atoms with Crippen LogP contribution in [-0.2, 0) is 9.53 Å². The number of aromatic amines is 1. The SMILES string of the molecule is Cl.O=C=S1C=Cc2c1[nH]cc(SC1CCCCO1)c2=O. The molecular formula is C13H14ClNO3S2. The molecular weight excluding hydrogens is 318 g/mol. The van der Waals surface area contributed by atoms with E-state index in [0.29, 0.717) is 15.5 Å². The average Bonchev–Trinajstić information content (AvgIpc) is 2.87. The van der Waals surface area contributed by atoms with E-state index in [0.717, 1.165) is 25.9 Å². The number of H-pyrrole nitrogens is 1. The number of ether oxygens (including phenoxy) is 1. The van der Waals surface area contributed by atoms with Gasteiger partial charge in [0, 0.05) is 12.8 Å². The lowest BCUT2D eigenvalue weighted by Gasteiger charge is -2.21. The van der Waals surface area contributed by atoms with Gasteiger partial charge in [0.1, 0.15) is 5.44 Å². The highest BCUT2D eigenvalue weighted by Gasteiger charge is 2.21. The number of nitrogens with one attached hydrogen (secondary N) is 1. The molecule has 0 aliphatic carbocycles. The summed E-state index contributed by atoms with van der Waals surface area (Å²) in [5.41, 5.74) is 0.635. The lowest BCUT2D eigenvalue weighted by Crippen LogP contribution is -2.18. The average molecular weight is 332 g/mol. The topological polar surface area (TPSA) is 59.2 Å². The molecule has 2 aliphatic rings. The van der Waals surface area contributed by atoms with Gasteiger partial charge in [0.05, 0.1) is 15.5 Å². The van der Waals surface area contributed by atoms with Gasteiger partial charge in [-0.05, 0) is 41.2 Å². The van der Waals surface area contributed by atoms with E-state index in [1.807, 2.05) is 5.23 Å². The second-order valence-corrected chi connectivity index (χ2v) is 7.09. The van der Waals surface area contributed by atoms with Crippen molar-refractivity contribution in [1.82, 2.24) is 4.98 Å². The molecule has 1 saturated heterocycles. The third kappa shape index (κ3) is 2.95. The normalized spacial score (nSPS) is 23.8. The molecule has 0 aromatic carbocycles. The van der Waals surface area contributed by atoms with Crippen LogP contribution in [-0.4, -0.2) is 22.3 Å². The maximum atomic E-state index is 12.3. The Morgan fingerprint density at radius 1 is 1.45 bits per heavy atom. The molecule has 0 amide bonds. The Labute approximate surface area is 129 Å². The van der Waals surface area contributed by atoms with Crippen LogP contribution in [0.25, 0.3) is 6.08 Å². The predicted octanol–water partition coefficient (Wildman–Crippen LogP) is 3.09. The summed E-state index contributed by atoms with van der Waals surface area (Å²) < 4.78 is 5.63. The van der Waals surface area contributed by atoms with E-state index in [1.165, 1.54) is 11.8 Å². The number of pyridine rings is 1. The van der Waals surface area contributed by atoms with Gasteiger partial charge in [-0.15, -0.1) is 12.4 Å². The van der Waals surface area contributed by atoms with Crippen LogP contribution < -0.4 is 5.43 Å². The van der Waals surface area contributed by atoms with Crippen LogP contribution in [0.1, 0.15) is 24.8 Å².